The summed E-state index contributed by atoms with van der Waals surface area (Å²) in [6.07, 6.45) is 0. The van der Waals surface area contributed by atoms with Gasteiger partial charge < -0.3 is 0 Å². The summed E-state index contributed by atoms with van der Waals surface area (Å²) in [6.45, 7) is 4.63. The van der Waals surface area contributed by atoms with Crippen LogP contribution in [0.1, 0.15) is 12.6 Å². The van der Waals surface area contributed by atoms with Crippen molar-refractivity contribution in [3.05, 3.63) is 28.2 Å². The molecule has 0 spiro atoms. The smallest absolute Gasteiger partial charge is 0.266 e. The SMILES string of the molecule is Cc1ccc(=O)n(CC(C)CBr)n1. The number of hydrogen-bond donors (Lipinski definition) is 0. The highest BCUT2D eigenvalue weighted by molar-refractivity contribution is 9.09. The van der Waals surface area contributed by atoms with Crippen LogP contribution in [0.3, 0.4) is 0 Å². The van der Waals surface area contributed by atoms with Crippen LogP contribution < -0.4 is 5.56 Å². The Labute approximate surface area is 85.9 Å². The van der Waals surface area contributed by atoms with Gasteiger partial charge in [0.1, 0.15) is 0 Å². The Hall–Kier alpha value is -0.640. The molecule has 0 N–H and O–H groups in total. The third kappa shape index (κ3) is 2.95. The fourth-order valence-corrected chi connectivity index (χ4v) is 1.23. The Kier molecular flexibility index (Phi) is 3.66. The molecule has 1 unspecified atom stereocenters. The zero-order valence-electron chi connectivity index (χ0n) is 7.83. The summed E-state index contributed by atoms with van der Waals surface area (Å²) in [5, 5.41) is 5.03. The number of aryl methyl sites for hydroxylation is 1. The highest BCUT2D eigenvalue weighted by Crippen LogP contribution is 2.01. The fourth-order valence-electron chi connectivity index (χ4n) is 1.03. The molecule has 1 rings (SSSR count). The van der Waals surface area contributed by atoms with Crippen LogP contribution in [-0.2, 0) is 6.54 Å². The van der Waals surface area contributed by atoms with E-state index in [1.807, 2.05) is 6.92 Å². The van der Waals surface area contributed by atoms with E-state index in [2.05, 4.69) is 28.0 Å². The van der Waals surface area contributed by atoms with Crippen LogP contribution in [0.25, 0.3) is 0 Å². The number of hydrogen-bond acceptors (Lipinski definition) is 2. The highest BCUT2D eigenvalue weighted by atomic mass is 79.9. The molecule has 0 aromatic carbocycles. The standard InChI is InChI=1S/C9H13BrN2O/c1-7(5-10)6-12-9(13)4-3-8(2)11-12/h3-4,7H,5-6H2,1-2H3. The van der Waals surface area contributed by atoms with E-state index in [0.717, 1.165) is 11.0 Å². The Balaban J connectivity index is 2.87. The third-order valence-electron chi connectivity index (χ3n) is 1.75. The molecule has 0 bridgehead atoms. The molecule has 3 nitrogen and oxygen atoms in total. The first-order valence-corrected chi connectivity index (χ1v) is 5.36. The molecule has 1 aromatic heterocycles. The fraction of sp³-hybridized carbons (Fsp3) is 0.556. The maximum absolute atomic E-state index is 11.3. The minimum absolute atomic E-state index is 0.0293. The minimum Gasteiger partial charge on any atom is -0.268 e. The van der Waals surface area contributed by atoms with E-state index in [-0.39, 0.29) is 5.56 Å². The lowest BCUT2D eigenvalue weighted by Gasteiger charge is -2.09. The van der Waals surface area contributed by atoms with Gasteiger partial charge in [0.05, 0.1) is 5.69 Å². The van der Waals surface area contributed by atoms with Crippen LogP contribution in [0.5, 0.6) is 0 Å². The van der Waals surface area contributed by atoms with Crippen LogP contribution in [0.15, 0.2) is 16.9 Å². The molecule has 0 aliphatic rings. The molecule has 72 valence electrons. The van der Waals surface area contributed by atoms with Gasteiger partial charge in [0.2, 0.25) is 0 Å². The van der Waals surface area contributed by atoms with Crippen LogP contribution >= 0.6 is 15.9 Å². The van der Waals surface area contributed by atoms with Gasteiger partial charge in [0.15, 0.2) is 0 Å². The Bertz CT molecular complexity index is 335. The summed E-state index contributed by atoms with van der Waals surface area (Å²) >= 11 is 3.37. The lowest BCUT2D eigenvalue weighted by Crippen LogP contribution is -2.25. The van der Waals surface area contributed by atoms with Gasteiger partial charge in [0.25, 0.3) is 5.56 Å². The number of nitrogens with zero attached hydrogens (tertiary/aromatic N) is 2. The van der Waals surface area contributed by atoms with Gasteiger partial charge in [-0.25, -0.2) is 4.68 Å². The Morgan fingerprint density at radius 1 is 1.62 bits per heavy atom. The van der Waals surface area contributed by atoms with Crippen molar-refractivity contribution in [2.75, 3.05) is 5.33 Å². The first-order chi connectivity index (χ1) is 6.13. The van der Waals surface area contributed by atoms with Crippen molar-refractivity contribution in [2.45, 2.75) is 20.4 Å². The predicted molar refractivity (Wildman–Crippen MR) is 56.2 cm³/mol. The number of halogens is 1. The van der Waals surface area contributed by atoms with Gasteiger partial charge in [-0.1, -0.05) is 22.9 Å². The van der Waals surface area contributed by atoms with Crippen molar-refractivity contribution in [3.63, 3.8) is 0 Å². The van der Waals surface area contributed by atoms with Crippen molar-refractivity contribution >= 4 is 15.9 Å². The molecule has 0 radical (unpaired) electrons. The number of rotatable bonds is 3. The first kappa shape index (κ1) is 10.4. The maximum atomic E-state index is 11.3. The lowest BCUT2D eigenvalue weighted by atomic mass is 10.2. The van der Waals surface area contributed by atoms with Crippen molar-refractivity contribution in [1.82, 2.24) is 9.78 Å². The van der Waals surface area contributed by atoms with Crippen LogP contribution in [0.2, 0.25) is 0 Å². The Morgan fingerprint density at radius 2 is 2.31 bits per heavy atom. The van der Waals surface area contributed by atoms with Crippen LogP contribution in [0.4, 0.5) is 0 Å². The summed E-state index contributed by atoms with van der Waals surface area (Å²) < 4.78 is 1.52. The summed E-state index contributed by atoms with van der Waals surface area (Å²) in [7, 11) is 0. The van der Waals surface area contributed by atoms with Crippen molar-refractivity contribution in [1.29, 1.82) is 0 Å². The molecule has 0 amide bonds. The maximum Gasteiger partial charge on any atom is 0.266 e. The summed E-state index contributed by atoms with van der Waals surface area (Å²) in [6, 6.07) is 3.29. The van der Waals surface area contributed by atoms with Gasteiger partial charge in [-0.05, 0) is 18.9 Å². The van der Waals surface area contributed by atoms with Gasteiger partial charge >= 0.3 is 0 Å². The van der Waals surface area contributed by atoms with E-state index in [4.69, 9.17) is 0 Å². The van der Waals surface area contributed by atoms with Gasteiger partial charge in [-0.15, -0.1) is 0 Å². The van der Waals surface area contributed by atoms with Crippen LogP contribution in [0, 0.1) is 12.8 Å². The average molecular weight is 245 g/mol. The zero-order chi connectivity index (χ0) is 9.84. The molecule has 1 aromatic rings. The largest absolute Gasteiger partial charge is 0.268 e. The minimum atomic E-state index is -0.0293. The van der Waals surface area contributed by atoms with E-state index in [9.17, 15) is 4.79 Å². The van der Waals surface area contributed by atoms with Crippen molar-refractivity contribution in [2.24, 2.45) is 5.92 Å². The van der Waals surface area contributed by atoms with Crippen molar-refractivity contribution in [3.8, 4) is 0 Å². The Morgan fingerprint density at radius 3 is 2.92 bits per heavy atom. The average Bonchev–Trinajstić information content (AvgIpc) is 2.11. The second-order valence-electron chi connectivity index (χ2n) is 3.25. The molecule has 0 aliphatic carbocycles. The highest BCUT2D eigenvalue weighted by Gasteiger charge is 2.03. The van der Waals surface area contributed by atoms with E-state index in [0.29, 0.717) is 12.5 Å². The molecule has 0 saturated carbocycles. The summed E-state index contributed by atoms with van der Waals surface area (Å²) in [5.74, 6) is 0.423. The number of alkyl halides is 1. The molecular weight excluding hydrogens is 232 g/mol. The molecule has 4 heteroatoms. The van der Waals surface area contributed by atoms with E-state index >= 15 is 0 Å². The van der Waals surface area contributed by atoms with Crippen LogP contribution in [-0.4, -0.2) is 15.1 Å². The molecule has 0 fully saturated rings. The van der Waals surface area contributed by atoms with E-state index in [1.54, 1.807) is 12.1 Å². The molecule has 1 atom stereocenters. The van der Waals surface area contributed by atoms with Gasteiger partial charge in [0, 0.05) is 17.9 Å². The summed E-state index contributed by atoms with van der Waals surface area (Å²) in [5.41, 5.74) is 0.847. The molecule has 0 saturated heterocycles. The zero-order valence-corrected chi connectivity index (χ0v) is 9.41. The normalized spacial score (nSPS) is 12.8. The third-order valence-corrected chi connectivity index (χ3v) is 2.85. The van der Waals surface area contributed by atoms with E-state index in [1.165, 1.54) is 4.68 Å². The van der Waals surface area contributed by atoms with Gasteiger partial charge in [-0.3, -0.25) is 4.79 Å². The molecule has 0 aliphatic heterocycles. The molecule has 13 heavy (non-hydrogen) atoms. The lowest BCUT2D eigenvalue weighted by molar-refractivity contribution is 0.467. The predicted octanol–water partition coefficient (Wildman–Crippen LogP) is 1.58. The quantitative estimate of drug-likeness (QED) is 0.758. The van der Waals surface area contributed by atoms with E-state index < -0.39 is 0 Å². The monoisotopic (exact) mass is 244 g/mol. The second-order valence-corrected chi connectivity index (χ2v) is 3.90. The first-order valence-electron chi connectivity index (χ1n) is 4.24. The van der Waals surface area contributed by atoms with Gasteiger partial charge in [-0.2, -0.15) is 5.10 Å². The summed E-state index contributed by atoms with van der Waals surface area (Å²) in [4.78, 5) is 11.3. The van der Waals surface area contributed by atoms with Crippen molar-refractivity contribution < 1.29 is 0 Å². The molecule has 1 heterocycles. The number of aromatic nitrogens is 2. The molecular formula is C9H13BrN2O. The topological polar surface area (TPSA) is 34.9 Å². The second kappa shape index (κ2) is 4.56.